The van der Waals surface area contributed by atoms with Crippen molar-refractivity contribution in [3.63, 3.8) is 0 Å². The number of ether oxygens (including phenoxy) is 2. The van der Waals surface area contributed by atoms with E-state index in [1.54, 1.807) is 23.1 Å². The van der Waals surface area contributed by atoms with Crippen LogP contribution in [-0.4, -0.2) is 33.2 Å². The molecule has 1 aromatic heterocycles. The van der Waals surface area contributed by atoms with Crippen molar-refractivity contribution in [3.8, 4) is 0 Å². The second kappa shape index (κ2) is 14.1. The second-order valence-electron chi connectivity index (χ2n) is 9.98. The van der Waals surface area contributed by atoms with Gasteiger partial charge < -0.3 is 25.2 Å². The molecule has 1 saturated heterocycles. The number of urea groups is 1. The second-order valence-corrected chi connectivity index (χ2v) is 12.4. The first kappa shape index (κ1) is 29.2. The standard InChI is InChI=1S/C31H34N4O4S2/c1-20-27(19-40-31-35-34-21(2)41-31)38-29(39-28(20)25-12-10-24(18-36)11-13-25)26-14-8-23(9-15-26)17-33-30(37)32-16-22-6-4-3-5-7-22/h3-15,20,27-29,36H,16-19H2,1-2H3,(H2,32,33,37)/t20-,27+,28+,29+/m0/s1. The summed E-state index contributed by atoms with van der Waals surface area (Å²) >= 11 is 3.23. The van der Waals surface area contributed by atoms with E-state index >= 15 is 0 Å². The summed E-state index contributed by atoms with van der Waals surface area (Å²) in [6.07, 6.45) is -0.815. The SMILES string of the molecule is Cc1nnc(SC[C@H]2O[C@@H](c3ccc(CNC(=O)NCc4ccccc4)cc3)O[C@@H](c3ccc(CO)cc3)[C@H]2C)s1. The van der Waals surface area contributed by atoms with Crippen LogP contribution in [0.2, 0.25) is 0 Å². The molecule has 1 aliphatic heterocycles. The number of aromatic nitrogens is 2. The lowest BCUT2D eigenvalue weighted by Crippen LogP contribution is -2.38. The Kier molecular flexibility index (Phi) is 10.0. The fourth-order valence-corrected chi connectivity index (χ4v) is 6.62. The molecule has 3 N–H and O–H groups in total. The Morgan fingerprint density at radius 1 is 0.878 bits per heavy atom. The number of thioether (sulfide) groups is 1. The molecule has 41 heavy (non-hydrogen) atoms. The molecule has 214 valence electrons. The first-order chi connectivity index (χ1) is 20.0. The van der Waals surface area contributed by atoms with Crippen LogP contribution in [0.5, 0.6) is 0 Å². The van der Waals surface area contributed by atoms with Gasteiger partial charge in [-0.1, -0.05) is 109 Å². The molecule has 3 aromatic carbocycles. The van der Waals surface area contributed by atoms with Gasteiger partial charge in [0.05, 0.1) is 18.8 Å². The number of aliphatic hydroxyl groups excluding tert-OH is 1. The number of rotatable bonds is 10. The monoisotopic (exact) mass is 590 g/mol. The van der Waals surface area contributed by atoms with Crippen LogP contribution in [0.25, 0.3) is 0 Å². The van der Waals surface area contributed by atoms with Gasteiger partial charge in [-0.25, -0.2) is 4.79 Å². The molecule has 0 aliphatic carbocycles. The van der Waals surface area contributed by atoms with Crippen molar-refractivity contribution < 1.29 is 19.4 Å². The number of carbonyl (C=O) groups excluding carboxylic acids is 1. The fraction of sp³-hybridized carbons (Fsp3) is 0.323. The maximum atomic E-state index is 12.3. The molecule has 0 bridgehead atoms. The smallest absolute Gasteiger partial charge is 0.315 e. The van der Waals surface area contributed by atoms with Crippen molar-refractivity contribution >= 4 is 29.1 Å². The van der Waals surface area contributed by atoms with Crippen molar-refractivity contribution in [1.82, 2.24) is 20.8 Å². The Morgan fingerprint density at radius 2 is 1.51 bits per heavy atom. The van der Waals surface area contributed by atoms with Crippen LogP contribution in [0.4, 0.5) is 4.79 Å². The van der Waals surface area contributed by atoms with Gasteiger partial charge in [-0.2, -0.15) is 0 Å². The molecule has 4 aromatic rings. The predicted molar refractivity (Wildman–Crippen MR) is 160 cm³/mol. The van der Waals surface area contributed by atoms with E-state index in [1.165, 1.54) is 0 Å². The number of amides is 2. The van der Waals surface area contributed by atoms with Gasteiger partial charge in [-0.15, -0.1) is 10.2 Å². The van der Waals surface area contributed by atoms with E-state index in [0.717, 1.165) is 42.9 Å². The molecule has 2 amide bonds. The van der Waals surface area contributed by atoms with Crippen LogP contribution in [0.1, 0.15) is 52.1 Å². The number of carbonyl (C=O) groups is 1. The minimum Gasteiger partial charge on any atom is -0.392 e. The van der Waals surface area contributed by atoms with E-state index in [2.05, 4.69) is 27.8 Å². The van der Waals surface area contributed by atoms with Gasteiger partial charge in [0.25, 0.3) is 0 Å². The van der Waals surface area contributed by atoms with Crippen molar-refractivity contribution in [2.24, 2.45) is 5.92 Å². The molecular formula is C31H34N4O4S2. The fourth-order valence-electron chi connectivity index (χ4n) is 4.62. The van der Waals surface area contributed by atoms with Gasteiger partial charge in [0, 0.05) is 30.3 Å². The number of nitrogens with zero attached hydrogens (tertiary/aromatic N) is 2. The number of hydrogen-bond acceptors (Lipinski definition) is 8. The third-order valence-electron chi connectivity index (χ3n) is 7.00. The van der Waals surface area contributed by atoms with E-state index in [4.69, 9.17) is 9.47 Å². The maximum Gasteiger partial charge on any atom is 0.315 e. The molecule has 8 nitrogen and oxygen atoms in total. The Morgan fingerprint density at radius 3 is 2.15 bits per heavy atom. The number of aryl methyl sites for hydroxylation is 1. The average molecular weight is 591 g/mol. The predicted octanol–water partition coefficient (Wildman–Crippen LogP) is 5.92. The maximum absolute atomic E-state index is 12.3. The Labute approximate surface area is 248 Å². The molecular weight excluding hydrogens is 556 g/mol. The zero-order valence-corrected chi connectivity index (χ0v) is 24.7. The van der Waals surface area contributed by atoms with E-state index in [9.17, 15) is 9.90 Å². The quantitative estimate of drug-likeness (QED) is 0.197. The lowest BCUT2D eigenvalue weighted by molar-refractivity contribution is -0.268. The van der Waals surface area contributed by atoms with Gasteiger partial charge in [0.15, 0.2) is 10.6 Å². The van der Waals surface area contributed by atoms with Gasteiger partial charge in [0.1, 0.15) is 5.01 Å². The largest absolute Gasteiger partial charge is 0.392 e. The van der Waals surface area contributed by atoms with Crippen LogP contribution in [0, 0.1) is 12.8 Å². The van der Waals surface area contributed by atoms with Gasteiger partial charge in [-0.05, 0) is 29.2 Å². The highest BCUT2D eigenvalue weighted by atomic mass is 32.2. The first-order valence-electron chi connectivity index (χ1n) is 13.6. The van der Waals surface area contributed by atoms with Crippen molar-refractivity contribution in [2.45, 2.75) is 56.4 Å². The van der Waals surface area contributed by atoms with E-state index in [-0.39, 0.29) is 30.8 Å². The van der Waals surface area contributed by atoms with Gasteiger partial charge in [0.2, 0.25) is 0 Å². The highest BCUT2D eigenvalue weighted by Gasteiger charge is 2.38. The molecule has 2 heterocycles. The minimum absolute atomic E-state index is 0.00349. The summed E-state index contributed by atoms with van der Waals surface area (Å²) in [4.78, 5) is 12.3. The van der Waals surface area contributed by atoms with E-state index in [0.29, 0.717) is 13.1 Å². The lowest BCUT2D eigenvalue weighted by Gasteiger charge is -2.41. The summed E-state index contributed by atoms with van der Waals surface area (Å²) < 4.78 is 14.0. The number of hydrogen-bond donors (Lipinski definition) is 3. The third-order valence-corrected chi connectivity index (χ3v) is 9.06. The van der Waals surface area contributed by atoms with Crippen LogP contribution in [-0.2, 0) is 29.2 Å². The summed E-state index contributed by atoms with van der Waals surface area (Å²) in [7, 11) is 0. The first-order valence-corrected chi connectivity index (χ1v) is 15.4. The zero-order valence-electron chi connectivity index (χ0n) is 23.0. The van der Waals surface area contributed by atoms with Crippen LogP contribution < -0.4 is 10.6 Å². The summed E-state index contributed by atoms with van der Waals surface area (Å²) in [5.41, 5.74) is 4.84. The Balaban J connectivity index is 1.24. The third kappa shape index (κ3) is 7.93. The highest BCUT2D eigenvalue weighted by Crippen LogP contribution is 2.43. The molecule has 5 rings (SSSR count). The summed E-state index contributed by atoms with van der Waals surface area (Å²) in [5, 5.41) is 24.6. The Hall–Kier alpha value is -3.28. The highest BCUT2D eigenvalue weighted by molar-refractivity contribution is 8.01. The molecule has 10 heteroatoms. The Bertz CT molecular complexity index is 1400. The normalized spacial score (nSPS) is 20.5. The summed E-state index contributed by atoms with van der Waals surface area (Å²) in [6.45, 7) is 4.99. The molecule has 1 aliphatic rings. The molecule has 0 unspecified atom stereocenters. The molecule has 1 fully saturated rings. The number of nitrogens with one attached hydrogen (secondary N) is 2. The van der Waals surface area contributed by atoms with Crippen LogP contribution in [0.3, 0.4) is 0 Å². The van der Waals surface area contributed by atoms with Crippen molar-refractivity contribution in [1.29, 1.82) is 0 Å². The topological polar surface area (TPSA) is 106 Å². The zero-order chi connectivity index (χ0) is 28.6. The summed E-state index contributed by atoms with van der Waals surface area (Å²) in [5.74, 6) is 0.812. The van der Waals surface area contributed by atoms with Gasteiger partial charge >= 0.3 is 6.03 Å². The number of benzene rings is 3. The van der Waals surface area contributed by atoms with Crippen LogP contribution in [0.15, 0.2) is 83.2 Å². The lowest BCUT2D eigenvalue weighted by atomic mass is 9.91. The summed E-state index contributed by atoms with van der Waals surface area (Å²) in [6, 6.07) is 25.4. The average Bonchev–Trinajstić information content (AvgIpc) is 3.44. The van der Waals surface area contributed by atoms with E-state index < -0.39 is 6.29 Å². The molecule has 4 atom stereocenters. The molecule has 0 spiro atoms. The molecule has 0 radical (unpaired) electrons. The van der Waals surface area contributed by atoms with Crippen LogP contribution >= 0.6 is 23.1 Å². The minimum atomic E-state index is -0.549. The van der Waals surface area contributed by atoms with Crippen molar-refractivity contribution in [3.05, 3.63) is 112 Å². The van der Waals surface area contributed by atoms with Crippen molar-refractivity contribution in [2.75, 3.05) is 5.75 Å². The van der Waals surface area contributed by atoms with E-state index in [1.807, 2.05) is 85.8 Å². The number of aliphatic hydroxyl groups is 1. The molecule has 0 saturated carbocycles. The van der Waals surface area contributed by atoms with Gasteiger partial charge in [-0.3, -0.25) is 0 Å².